The molecule has 4 nitrogen and oxygen atoms in total. The van der Waals surface area contributed by atoms with Gasteiger partial charge in [-0.15, -0.1) is 0 Å². The van der Waals surface area contributed by atoms with Gasteiger partial charge in [-0.25, -0.2) is 0 Å². The summed E-state index contributed by atoms with van der Waals surface area (Å²) >= 11 is 0. The fourth-order valence-corrected chi connectivity index (χ4v) is 2.45. The summed E-state index contributed by atoms with van der Waals surface area (Å²) in [6.07, 6.45) is 0.887. The molecular weight excluding hydrogens is 240 g/mol. The molecule has 0 bridgehead atoms. The quantitative estimate of drug-likeness (QED) is 0.837. The van der Waals surface area contributed by atoms with E-state index in [1.807, 2.05) is 12.1 Å². The van der Waals surface area contributed by atoms with Crippen LogP contribution in [0.1, 0.15) is 12.0 Å². The molecule has 1 aromatic carbocycles. The Balaban J connectivity index is 1.75. The smallest absolute Gasteiger partial charge is 0.118 e. The van der Waals surface area contributed by atoms with Crippen LogP contribution in [0.25, 0.3) is 0 Å². The lowest BCUT2D eigenvalue weighted by atomic mass is 10.2. The van der Waals surface area contributed by atoms with Crippen LogP contribution in [-0.4, -0.2) is 61.3 Å². The Morgan fingerprint density at radius 2 is 1.68 bits per heavy atom. The SMILES string of the molecule is COc1ccc(CN2CCN(CCCO)CC2)cc1. The van der Waals surface area contributed by atoms with Crippen LogP contribution in [0.3, 0.4) is 0 Å². The third-order valence-corrected chi connectivity index (χ3v) is 3.66. The summed E-state index contributed by atoms with van der Waals surface area (Å²) in [7, 11) is 1.70. The molecule has 0 aromatic heterocycles. The summed E-state index contributed by atoms with van der Waals surface area (Å²) in [5.41, 5.74) is 1.34. The van der Waals surface area contributed by atoms with Crippen LogP contribution >= 0.6 is 0 Å². The number of hydrogen-bond donors (Lipinski definition) is 1. The Morgan fingerprint density at radius 3 is 2.26 bits per heavy atom. The second-order valence-corrected chi connectivity index (χ2v) is 5.04. The predicted molar refractivity (Wildman–Crippen MR) is 76.4 cm³/mol. The largest absolute Gasteiger partial charge is 0.497 e. The molecule has 0 saturated carbocycles. The highest BCUT2D eigenvalue weighted by molar-refractivity contribution is 5.27. The molecule has 2 rings (SSSR count). The fraction of sp³-hybridized carbons (Fsp3) is 0.600. The average molecular weight is 264 g/mol. The van der Waals surface area contributed by atoms with Gasteiger partial charge in [-0.05, 0) is 24.1 Å². The molecule has 0 radical (unpaired) electrons. The van der Waals surface area contributed by atoms with Gasteiger partial charge < -0.3 is 14.7 Å². The van der Waals surface area contributed by atoms with E-state index in [0.29, 0.717) is 6.61 Å². The van der Waals surface area contributed by atoms with Crippen molar-refractivity contribution in [3.63, 3.8) is 0 Å². The molecule has 1 aliphatic heterocycles. The molecule has 1 heterocycles. The van der Waals surface area contributed by atoms with Crippen molar-refractivity contribution < 1.29 is 9.84 Å². The van der Waals surface area contributed by atoms with E-state index in [1.54, 1.807) is 7.11 Å². The molecule has 19 heavy (non-hydrogen) atoms. The number of methoxy groups -OCH3 is 1. The van der Waals surface area contributed by atoms with Gasteiger partial charge in [-0.1, -0.05) is 12.1 Å². The minimum atomic E-state index is 0.298. The van der Waals surface area contributed by atoms with Crippen molar-refractivity contribution in [1.82, 2.24) is 9.80 Å². The zero-order valence-electron chi connectivity index (χ0n) is 11.7. The summed E-state index contributed by atoms with van der Waals surface area (Å²) in [6.45, 7) is 6.76. The third kappa shape index (κ3) is 4.49. The second kappa shape index (κ2) is 7.48. The standard InChI is InChI=1S/C15H24N2O2/c1-19-15-5-3-14(4-6-15)13-17-10-8-16(9-11-17)7-2-12-18/h3-6,18H,2,7-13H2,1H3. The maximum absolute atomic E-state index is 8.84. The first-order valence-corrected chi connectivity index (χ1v) is 7.00. The van der Waals surface area contributed by atoms with Crippen molar-refractivity contribution in [2.45, 2.75) is 13.0 Å². The summed E-state index contributed by atoms with van der Waals surface area (Å²) in [4.78, 5) is 4.91. The van der Waals surface area contributed by atoms with E-state index in [9.17, 15) is 0 Å². The molecule has 1 aliphatic rings. The first-order chi connectivity index (χ1) is 9.31. The van der Waals surface area contributed by atoms with Crippen molar-refractivity contribution in [3.05, 3.63) is 29.8 Å². The normalized spacial score (nSPS) is 17.6. The number of ether oxygens (including phenoxy) is 1. The van der Waals surface area contributed by atoms with Crippen LogP contribution < -0.4 is 4.74 Å². The van der Waals surface area contributed by atoms with E-state index < -0.39 is 0 Å². The summed E-state index contributed by atoms with van der Waals surface area (Å²) in [6, 6.07) is 8.31. The van der Waals surface area contributed by atoms with Gasteiger partial charge >= 0.3 is 0 Å². The van der Waals surface area contributed by atoms with Gasteiger partial charge in [0, 0.05) is 45.9 Å². The van der Waals surface area contributed by atoms with E-state index in [0.717, 1.165) is 51.4 Å². The number of aliphatic hydroxyl groups is 1. The Kier molecular flexibility index (Phi) is 5.63. The van der Waals surface area contributed by atoms with Gasteiger partial charge in [0.05, 0.1) is 7.11 Å². The number of piperazine rings is 1. The maximum Gasteiger partial charge on any atom is 0.118 e. The van der Waals surface area contributed by atoms with Crippen LogP contribution in [0, 0.1) is 0 Å². The summed E-state index contributed by atoms with van der Waals surface area (Å²) < 4.78 is 5.17. The number of rotatable bonds is 6. The zero-order chi connectivity index (χ0) is 13.5. The minimum Gasteiger partial charge on any atom is -0.497 e. The lowest BCUT2D eigenvalue weighted by Crippen LogP contribution is -2.46. The Labute approximate surface area is 115 Å². The Morgan fingerprint density at radius 1 is 1.05 bits per heavy atom. The van der Waals surface area contributed by atoms with Crippen LogP contribution in [-0.2, 0) is 6.54 Å². The summed E-state index contributed by atoms with van der Waals surface area (Å²) in [5, 5.41) is 8.84. The van der Waals surface area contributed by atoms with Gasteiger partial charge in [-0.2, -0.15) is 0 Å². The van der Waals surface area contributed by atoms with Crippen LogP contribution in [0.15, 0.2) is 24.3 Å². The van der Waals surface area contributed by atoms with Gasteiger partial charge in [0.25, 0.3) is 0 Å². The molecule has 1 N–H and O–H groups in total. The molecule has 0 unspecified atom stereocenters. The molecule has 4 heteroatoms. The van der Waals surface area contributed by atoms with E-state index in [1.165, 1.54) is 5.56 Å². The predicted octanol–water partition coefficient (Wildman–Crippen LogP) is 1.20. The van der Waals surface area contributed by atoms with Crippen LogP contribution in [0.2, 0.25) is 0 Å². The first kappa shape index (κ1) is 14.3. The monoisotopic (exact) mass is 264 g/mol. The number of nitrogens with zero attached hydrogens (tertiary/aromatic N) is 2. The van der Waals surface area contributed by atoms with Crippen molar-refractivity contribution >= 4 is 0 Å². The Hall–Kier alpha value is -1.10. The van der Waals surface area contributed by atoms with E-state index in [4.69, 9.17) is 9.84 Å². The highest BCUT2D eigenvalue weighted by Crippen LogP contribution is 2.14. The van der Waals surface area contributed by atoms with Gasteiger partial charge in [0.2, 0.25) is 0 Å². The average Bonchev–Trinajstić information content (AvgIpc) is 2.47. The fourth-order valence-electron chi connectivity index (χ4n) is 2.45. The minimum absolute atomic E-state index is 0.298. The number of benzene rings is 1. The molecule has 1 fully saturated rings. The van der Waals surface area contributed by atoms with Crippen molar-refractivity contribution in [2.75, 3.05) is 46.4 Å². The second-order valence-electron chi connectivity index (χ2n) is 5.04. The zero-order valence-corrected chi connectivity index (χ0v) is 11.7. The molecule has 0 spiro atoms. The Bertz CT molecular complexity index is 359. The van der Waals surface area contributed by atoms with E-state index in [2.05, 4.69) is 21.9 Å². The molecule has 1 aromatic rings. The van der Waals surface area contributed by atoms with Crippen LogP contribution in [0.5, 0.6) is 5.75 Å². The molecule has 0 atom stereocenters. The van der Waals surface area contributed by atoms with Crippen molar-refractivity contribution in [1.29, 1.82) is 0 Å². The number of hydrogen-bond acceptors (Lipinski definition) is 4. The van der Waals surface area contributed by atoms with Gasteiger partial charge in [0.15, 0.2) is 0 Å². The molecular formula is C15H24N2O2. The lowest BCUT2D eigenvalue weighted by Gasteiger charge is -2.34. The lowest BCUT2D eigenvalue weighted by molar-refractivity contribution is 0.120. The van der Waals surface area contributed by atoms with Crippen molar-refractivity contribution in [3.8, 4) is 5.75 Å². The molecule has 0 amide bonds. The highest BCUT2D eigenvalue weighted by Gasteiger charge is 2.16. The van der Waals surface area contributed by atoms with Gasteiger partial charge in [-0.3, -0.25) is 4.90 Å². The van der Waals surface area contributed by atoms with Crippen LogP contribution in [0.4, 0.5) is 0 Å². The molecule has 1 saturated heterocycles. The van der Waals surface area contributed by atoms with Gasteiger partial charge in [0.1, 0.15) is 5.75 Å². The number of aliphatic hydroxyl groups excluding tert-OH is 1. The third-order valence-electron chi connectivity index (χ3n) is 3.66. The topological polar surface area (TPSA) is 35.9 Å². The summed E-state index contributed by atoms with van der Waals surface area (Å²) in [5.74, 6) is 0.914. The van der Waals surface area contributed by atoms with Crippen molar-refractivity contribution in [2.24, 2.45) is 0 Å². The maximum atomic E-state index is 8.84. The van der Waals surface area contributed by atoms with E-state index in [-0.39, 0.29) is 0 Å². The molecule has 106 valence electrons. The highest BCUT2D eigenvalue weighted by atomic mass is 16.5. The van der Waals surface area contributed by atoms with E-state index >= 15 is 0 Å². The first-order valence-electron chi connectivity index (χ1n) is 7.00. The molecule has 0 aliphatic carbocycles.